The summed E-state index contributed by atoms with van der Waals surface area (Å²) in [4.78, 5) is 24.6. The Bertz CT molecular complexity index is 1240. The minimum atomic E-state index is 0.0637. The molecule has 0 amide bonds. The second-order valence-electron chi connectivity index (χ2n) is 6.97. The molecule has 0 N–H and O–H groups in total. The number of hydrogen-bond donors (Lipinski definition) is 0. The quantitative estimate of drug-likeness (QED) is 0.360. The molecule has 5 rings (SSSR count). The molecule has 0 fully saturated rings. The van der Waals surface area contributed by atoms with E-state index in [-0.39, 0.29) is 5.56 Å². The van der Waals surface area contributed by atoms with E-state index in [9.17, 15) is 4.79 Å². The van der Waals surface area contributed by atoms with E-state index in [0.29, 0.717) is 11.6 Å². The fourth-order valence-corrected chi connectivity index (χ4v) is 5.91. The van der Waals surface area contributed by atoms with Crippen LogP contribution in [-0.2, 0) is 25.6 Å². The van der Waals surface area contributed by atoms with E-state index in [1.807, 2.05) is 37.3 Å². The molecule has 0 spiro atoms. The SMILES string of the molecule is Cc1oc(-c2ccccc2)nc1CSc1nc2sc3c(c2c(=O)n1C)CCC3. The van der Waals surface area contributed by atoms with Crippen molar-refractivity contribution in [2.24, 2.45) is 7.05 Å². The smallest absolute Gasteiger partial charge is 0.262 e. The molecule has 3 aromatic heterocycles. The Morgan fingerprint density at radius 3 is 2.86 bits per heavy atom. The van der Waals surface area contributed by atoms with Crippen LogP contribution in [0.5, 0.6) is 0 Å². The Morgan fingerprint density at radius 2 is 2.04 bits per heavy atom. The van der Waals surface area contributed by atoms with E-state index in [2.05, 4.69) is 4.98 Å². The van der Waals surface area contributed by atoms with Gasteiger partial charge in [-0.05, 0) is 43.9 Å². The second kappa shape index (κ2) is 6.90. The zero-order valence-corrected chi connectivity index (χ0v) is 17.3. The Hall–Kier alpha value is -2.38. The number of thioether (sulfide) groups is 1. The summed E-state index contributed by atoms with van der Waals surface area (Å²) in [7, 11) is 1.81. The van der Waals surface area contributed by atoms with Crippen LogP contribution in [-0.4, -0.2) is 14.5 Å². The monoisotopic (exact) mass is 409 g/mol. The molecule has 1 aliphatic rings. The molecule has 0 unspecified atom stereocenters. The van der Waals surface area contributed by atoms with Gasteiger partial charge in [-0.15, -0.1) is 11.3 Å². The van der Waals surface area contributed by atoms with Gasteiger partial charge in [-0.25, -0.2) is 9.97 Å². The van der Waals surface area contributed by atoms with E-state index in [0.717, 1.165) is 51.7 Å². The van der Waals surface area contributed by atoms with E-state index < -0.39 is 0 Å². The minimum Gasteiger partial charge on any atom is -0.441 e. The van der Waals surface area contributed by atoms with Crippen molar-refractivity contribution < 1.29 is 4.42 Å². The lowest BCUT2D eigenvalue weighted by molar-refractivity contribution is 0.540. The molecule has 4 aromatic rings. The highest BCUT2D eigenvalue weighted by Gasteiger charge is 2.22. The number of aromatic nitrogens is 3. The summed E-state index contributed by atoms with van der Waals surface area (Å²) < 4.78 is 7.52. The first-order valence-electron chi connectivity index (χ1n) is 9.27. The molecule has 0 saturated heterocycles. The number of benzene rings is 1. The van der Waals surface area contributed by atoms with Gasteiger partial charge in [0.05, 0.1) is 11.1 Å². The van der Waals surface area contributed by atoms with Crippen molar-refractivity contribution in [1.82, 2.24) is 14.5 Å². The van der Waals surface area contributed by atoms with Crippen LogP contribution in [0.15, 0.2) is 44.7 Å². The molecule has 5 nitrogen and oxygen atoms in total. The lowest BCUT2D eigenvalue weighted by atomic mass is 10.2. The molecule has 1 aromatic carbocycles. The molecule has 0 saturated carbocycles. The van der Waals surface area contributed by atoms with Crippen molar-refractivity contribution in [2.75, 3.05) is 0 Å². The number of nitrogens with zero attached hydrogens (tertiary/aromatic N) is 3. The van der Waals surface area contributed by atoms with Crippen LogP contribution >= 0.6 is 23.1 Å². The highest BCUT2D eigenvalue weighted by atomic mass is 32.2. The first-order valence-corrected chi connectivity index (χ1v) is 11.1. The van der Waals surface area contributed by atoms with Gasteiger partial charge in [0.25, 0.3) is 5.56 Å². The zero-order chi connectivity index (χ0) is 19.3. The highest BCUT2D eigenvalue weighted by molar-refractivity contribution is 7.98. The molecule has 28 heavy (non-hydrogen) atoms. The summed E-state index contributed by atoms with van der Waals surface area (Å²) in [6.07, 6.45) is 3.22. The topological polar surface area (TPSA) is 60.9 Å². The van der Waals surface area contributed by atoms with Gasteiger partial charge in [0.1, 0.15) is 10.6 Å². The number of oxazole rings is 1. The summed E-state index contributed by atoms with van der Waals surface area (Å²) in [6.45, 7) is 1.93. The minimum absolute atomic E-state index is 0.0637. The van der Waals surface area contributed by atoms with Crippen LogP contribution in [0.3, 0.4) is 0 Å². The summed E-state index contributed by atoms with van der Waals surface area (Å²) in [6, 6.07) is 9.88. The fourth-order valence-electron chi connectivity index (χ4n) is 3.63. The van der Waals surface area contributed by atoms with Crippen molar-refractivity contribution in [3.8, 4) is 11.5 Å². The average molecular weight is 410 g/mol. The molecule has 0 atom stereocenters. The third-order valence-electron chi connectivity index (χ3n) is 5.16. The zero-order valence-electron chi connectivity index (χ0n) is 15.7. The lowest BCUT2D eigenvalue weighted by Crippen LogP contribution is -2.20. The summed E-state index contributed by atoms with van der Waals surface area (Å²) >= 11 is 3.21. The van der Waals surface area contributed by atoms with E-state index >= 15 is 0 Å². The third kappa shape index (κ3) is 2.89. The summed E-state index contributed by atoms with van der Waals surface area (Å²) in [5, 5.41) is 1.55. The van der Waals surface area contributed by atoms with Gasteiger partial charge in [-0.2, -0.15) is 0 Å². The number of rotatable bonds is 4. The van der Waals surface area contributed by atoms with Crippen LogP contribution in [0.25, 0.3) is 21.7 Å². The molecule has 142 valence electrons. The Kier molecular flexibility index (Phi) is 4.36. The van der Waals surface area contributed by atoms with Crippen LogP contribution in [0.1, 0.15) is 28.3 Å². The maximum absolute atomic E-state index is 12.9. The second-order valence-corrected chi connectivity index (χ2v) is 9.00. The van der Waals surface area contributed by atoms with Gasteiger partial charge < -0.3 is 4.42 Å². The van der Waals surface area contributed by atoms with Gasteiger partial charge in [-0.1, -0.05) is 30.0 Å². The Morgan fingerprint density at radius 1 is 1.21 bits per heavy atom. The predicted molar refractivity (Wildman–Crippen MR) is 113 cm³/mol. The third-order valence-corrected chi connectivity index (χ3v) is 7.38. The molecule has 0 radical (unpaired) electrons. The fraction of sp³-hybridized carbons (Fsp3) is 0.286. The van der Waals surface area contributed by atoms with Crippen LogP contribution in [0.2, 0.25) is 0 Å². The van der Waals surface area contributed by atoms with Gasteiger partial charge in [0.15, 0.2) is 5.16 Å². The van der Waals surface area contributed by atoms with E-state index in [1.165, 1.54) is 22.2 Å². The van der Waals surface area contributed by atoms with Gasteiger partial charge in [0, 0.05) is 23.2 Å². The van der Waals surface area contributed by atoms with Crippen molar-refractivity contribution in [3.63, 3.8) is 0 Å². The molecular formula is C21H19N3O2S2. The van der Waals surface area contributed by atoms with Crippen LogP contribution in [0, 0.1) is 6.92 Å². The number of fused-ring (bicyclic) bond motifs is 3. The molecule has 0 aliphatic heterocycles. The number of aryl methyl sites for hydroxylation is 3. The van der Waals surface area contributed by atoms with Crippen molar-refractivity contribution in [2.45, 2.75) is 37.1 Å². The number of thiophene rings is 1. The molecule has 1 aliphatic carbocycles. The van der Waals surface area contributed by atoms with E-state index in [4.69, 9.17) is 9.40 Å². The Labute approximate surface area is 170 Å². The summed E-state index contributed by atoms with van der Waals surface area (Å²) in [5.41, 5.74) is 3.13. The first-order chi connectivity index (χ1) is 13.6. The van der Waals surface area contributed by atoms with Crippen LogP contribution < -0.4 is 5.56 Å². The molecular weight excluding hydrogens is 390 g/mol. The molecule has 0 bridgehead atoms. The van der Waals surface area contributed by atoms with Crippen molar-refractivity contribution in [3.05, 3.63) is 62.6 Å². The van der Waals surface area contributed by atoms with E-state index in [1.54, 1.807) is 23.0 Å². The normalized spacial score (nSPS) is 13.4. The highest BCUT2D eigenvalue weighted by Crippen LogP contribution is 2.36. The van der Waals surface area contributed by atoms with Gasteiger partial charge >= 0.3 is 0 Å². The number of hydrogen-bond acceptors (Lipinski definition) is 6. The van der Waals surface area contributed by atoms with Gasteiger partial charge in [0.2, 0.25) is 5.89 Å². The standard InChI is InChI=1S/C21H19N3O2S2/c1-12-15(22-18(26-12)13-7-4-3-5-8-13)11-27-21-23-19-17(20(25)24(21)2)14-9-6-10-16(14)28-19/h3-5,7-8H,6,9-11H2,1-2H3. The van der Waals surface area contributed by atoms with Crippen LogP contribution in [0.4, 0.5) is 0 Å². The largest absolute Gasteiger partial charge is 0.441 e. The first kappa shape index (κ1) is 17.7. The van der Waals surface area contributed by atoms with Gasteiger partial charge in [-0.3, -0.25) is 9.36 Å². The van der Waals surface area contributed by atoms with Crippen molar-refractivity contribution in [1.29, 1.82) is 0 Å². The average Bonchev–Trinajstić information content (AvgIpc) is 3.38. The van der Waals surface area contributed by atoms with Crippen molar-refractivity contribution >= 4 is 33.3 Å². The Balaban J connectivity index is 1.45. The molecule has 7 heteroatoms. The maximum atomic E-state index is 12.9. The maximum Gasteiger partial charge on any atom is 0.262 e. The summed E-state index contributed by atoms with van der Waals surface area (Å²) in [5.74, 6) is 2.03. The predicted octanol–water partition coefficient (Wildman–Crippen LogP) is 4.74. The molecule has 3 heterocycles. The lowest BCUT2D eigenvalue weighted by Gasteiger charge is -2.06.